The monoisotopic (exact) mass is 322 g/mol. The van der Waals surface area contributed by atoms with Crippen molar-refractivity contribution in [3.05, 3.63) is 65.2 Å². The average molecular weight is 322 g/mol. The summed E-state index contributed by atoms with van der Waals surface area (Å²) in [5, 5.41) is 0. The molecule has 4 heteroatoms. The van der Waals surface area contributed by atoms with Gasteiger partial charge in [-0.3, -0.25) is 14.9 Å². The molecule has 0 unspecified atom stereocenters. The molecule has 1 aliphatic heterocycles. The highest BCUT2D eigenvalue weighted by Gasteiger charge is 2.20. The van der Waals surface area contributed by atoms with Crippen molar-refractivity contribution in [3.8, 4) is 0 Å². The summed E-state index contributed by atoms with van der Waals surface area (Å²) >= 11 is 0. The smallest absolute Gasteiger partial charge is 0.0759 e. The van der Waals surface area contributed by atoms with E-state index in [-0.39, 0.29) is 0 Å². The molecule has 0 N–H and O–H groups in total. The third-order valence-electron chi connectivity index (χ3n) is 4.81. The maximum absolute atomic E-state index is 4.73. The molecular formula is C20H26N4. The van der Waals surface area contributed by atoms with Crippen LogP contribution in [0, 0.1) is 20.8 Å². The van der Waals surface area contributed by atoms with Gasteiger partial charge in [0.2, 0.25) is 0 Å². The van der Waals surface area contributed by atoms with Gasteiger partial charge < -0.3 is 4.90 Å². The fraction of sp³-hybridized carbons (Fsp3) is 0.400. The molecule has 0 bridgehead atoms. The predicted molar refractivity (Wildman–Crippen MR) is 98.6 cm³/mol. The van der Waals surface area contributed by atoms with Crippen LogP contribution in [0.5, 0.6) is 0 Å². The fourth-order valence-electron chi connectivity index (χ4n) is 3.11. The molecule has 1 aromatic carbocycles. The zero-order valence-electron chi connectivity index (χ0n) is 14.9. The Labute approximate surface area is 144 Å². The molecule has 1 fully saturated rings. The third kappa shape index (κ3) is 3.65. The van der Waals surface area contributed by atoms with E-state index in [1.54, 1.807) is 0 Å². The summed E-state index contributed by atoms with van der Waals surface area (Å²) in [7, 11) is 0. The molecule has 2 heterocycles. The van der Waals surface area contributed by atoms with Crippen molar-refractivity contribution >= 4 is 5.70 Å². The van der Waals surface area contributed by atoms with E-state index >= 15 is 0 Å². The van der Waals surface area contributed by atoms with Gasteiger partial charge in [0.25, 0.3) is 0 Å². The van der Waals surface area contributed by atoms with E-state index in [1.807, 2.05) is 19.9 Å². The Morgan fingerprint density at radius 3 is 2.21 bits per heavy atom. The lowest BCUT2D eigenvalue weighted by Crippen LogP contribution is -2.45. The highest BCUT2D eigenvalue weighted by atomic mass is 15.3. The molecule has 1 aromatic heterocycles. The molecule has 0 aliphatic carbocycles. The molecule has 3 rings (SSSR count). The maximum atomic E-state index is 4.73. The lowest BCUT2D eigenvalue weighted by molar-refractivity contribution is 0.167. The normalized spacial score (nSPS) is 15.5. The number of hydrogen-bond acceptors (Lipinski definition) is 4. The molecule has 0 saturated carbocycles. The van der Waals surface area contributed by atoms with Gasteiger partial charge in [-0.25, -0.2) is 0 Å². The van der Waals surface area contributed by atoms with Gasteiger partial charge >= 0.3 is 0 Å². The first kappa shape index (κ1) is 16.7. The number of rotatable bonds is 4. The Balaban J connectivity index is 1.60. The second kappa shape index (κ2) is 7.14. The summed E-state index contributed by atoms with van der Waals surface area (Å²) in [5.41, 5.74) is 6.55. The van der Waals surface area contributed by atoms with Gasteiger partial charge in [0.05, 0.1) is 22.8 Å². The van der Waals surface area contributed by atoms with E-state index in [1.165, 1.54) is 5.56 Å². The van der Waals surface area contributed by atoms with Gasteiger partial charge in [-0.2, -0.15) is 0 Å². The molecule has 0 atom stereocenters. The van der Waals surface area contributed by atoms with Crippen molar-refractivity contribution in [1.29, 1.82) is 0 Å². The van der Waals surface area contributed by atoms with E-state index in [0.29, 0.717) is 0 Å². The number of piperazine rings is 1. The van der Waals surface area contributed by atoms with Crippen LogP contribution in [0.2, 0.25) is 0 Å². The van der Waals surface area contributed by atoms with Crippen molar-refractivity contribution < 1.29 is 0 Å². The third-order valence-corrected chi connectivity index (χ3v) is 4.81. The van der Waals surface area contributed by atoms with Crippen LogP contribution in [0.25, 0.3) is 5.70 Å². The number of aryl methyl sites for hydroxylation is 3. The molecule has 2 aromatic rings. The van der Waals surface area contributed by atoms with Crippen LogP contribution in [0.1, 0.15) is 28.3 Å². The zero-order valence-corrected chi connectivity index (χ0v) is 14.9. The Hall–Kier alpha value is -2.20. The van der Waals surface area contributed by atoms with Crippen LogP contribution < -0.4 is 0 Å². The van der Waals surface area contributed by atoms with Crippen molar-refractivity contribution in [2.75, 3.05) is 26.2 Å². The summed E-state index contributed by atoms with van der Waals surface area (Å²) in [6.07, 6.45) is 0. The summed E-state index contributed by atoms with van der Waals surface area (Å²) < 4.78 is 0. The zero-order chi connectivity index (χ0) is 17.1. The van der Waals surface area contributed by atoms with Crippen molar-refractivity contribution in [3.63, 3.8) is 0 Å². The Bertz CT molecular complexity index is 716. The number of benzene rings is 1. The molecule has 24 heavy (non-hydrogen) atoms. The molecule has 1 aliphatic rings. The van der Waals surface area contributed by atoms with Crippen LogP contribution in [-0.2, 0) is 6.54 Å². The number of nitrogens with zero attached hydrogens (tertiary/aromatic N) is 4. The highest BCUT2D eigenvalue weighted by molar-refractivity contribution is 5.61. The second-order valence-electron chi connectivity index (χ2n) is 6.50. The molecular weight excluding hydrogens is 296 g/mol. The lowest BCUT2D eigenvalue weighted by atomic mass is 10.1. The second-order valence-corrected chi connectivity index (χ2v) is 6.50. The molecule has 0 spiro atoms. The van der Waals surface area contributed by atoms with Crippen LogP contribution >= 0.6 is 0 Å². The summed E-state index contributed by atoms with van der Waals surface area (Å²) in [4.78, 5) is 14.2. The largest absolute Gasteiger partial charge is 0.369 e. The summed E-state index contributed by atoms with van der Waals surface area (Å²) in [6, 6.07) is 10.4. The van der Waals surface area contributed by atoms with Gasteiger partial charge in [0.15, 0.2) is 0 Å². The quantitative estimate of drug-likeness (QED) is 0.865. The Morgan fingerprint density at radius 1 is 0.917 bits per heavy atom. The molecule has 0 radical (unpaired) electrons. The van der Waals surface area contributed by atoms with Crippen molar-refractivity contribution in [2.45, 2.75) is 27.3 Å². The standard InChI is InChI=1S/C20H26N4/c1-15-16(2)22-20(17(3)21-15)14-23-10-12-24(13-11-23)18(4)19-8-6-5-7-9-19/h5-9H,4,10-14H2,1-3H3. The van der Waals surface area contributed by atoms with Gasteiger partial charge in [-0.15, -0.1) is 0 Å². The number of aromatic nitrogens is 2. The van der Waals surface area contributed by atoms with Crippen molar-refractivity contribution in [1.82, 2.24) is 19.8 Å². The number of hydrogen-bond donors (Lipinski definition) is 0. The first-order valence-electron chi connectivity index (χ1n) is 8.57. The van der Waals surface area contributed by atoms with E-state index in [4.69, 9.17) is 4.98 Å². The van der Waals surface area contributed by atoms with Crippen LogP contribution in [0.4, 0.5) is 0 Å². The van der Waals surface area contributed by atoms with E-state index in [0.717, 1.165) is 61.2 Å². The Morgan fingerprint density at radius 2 is 1.54 bits per heavy atom. The van der Waals surface area contributed by atoms with E-state index in [9.17, 15) is 0 Å². The van der Waals surface area contributed by atoms with Gasteiger partial charge in [0.1, 0.15) is 0 Å². The first-order chi connectivity index (χ1) is 11.5. The lowest BCUT2D eigenvalue weighted by Gasteiger charge is -2.37. The highest BCUT2D eigenvalue weighted by Crippen LogP contribution is 2.19. The predicted octanol–water partition coefficient (Wildman–Crippen LogP) is 3.19. The maximum Gasteiger partial charge on any atom is 0.0759 e. The van der Waals surface area contributed by atoms with E-state index in [2.05, 4.69) is 52.6 Å². The minimum absolute atomic E-state index is 0.881. The van der Waals surface area contributed by atoms with Crippen molar-refractivity contribution in [2.24, 2.45) is 0 Å². The Kier molecular flexibility index (Phi) is 4.95. The first-order valence-corrected chi connectivity index (χ1v) is 8.57. The molecule has 4 nitrogen and oxygen atoms in total. The van der Waals surface area contributed by atoms with Gasteiger partial charge in [-0.05, 0) is 26.3 Å². The minimum atomic E-state index is 0.881. The van der Waals surface area contributed by atoms with Gasteiger partial charge in [-0.1, -0.05) is 36.9 Å². The van der Waals surface area contributed by atoms with Crippen LogP contribution in [0.3, 0.4) is 0 Å². The SMILES string of the molecule is C=C(c1ccccc1)N1CCN(Cc2nc(C)c(C)nc2C)CC1. The van der Waals surface area contributed by atoms with E-state index < -0.39 is 0 Å². The average Bonchev–Trinajstić information content (AvgIpc) is 2.60. The molecule has 126 valence electrons. The molecule has 0 amide bonds. The summed E-state index contributed by atoms with van der Waals surface area (Å²) in [6.45, 7) is 15.3. The van der Waals surface area contributed by atoms with Crippen LogP contribution in [0.15, 0.2) is 36.9 Å². The molecule has 1 saturated heterocycles. The summed E-state index contributed by atoms with van der Waals surface area (Å²) in [5.74, 6) is 0. The van der Waals surface area contributed by atoms with Gasteiger partial charge in [0, 0.05) is 38.4 Å². The van der Waals surface area contributed by atoms with Crippen LogP contribution in [-0.4, -0.2) is 45.9 Å². The minimum Gasteiger partial charge on any atom is -0.369 e. The fourth-order valence-corrected chi connectivity index (χ4v) is 3.11. The topological polar surface area (TPSA) is 32.3 Å².